The molecule has 4 aliphatic rings. The van der Waals surface area contributed by atoms with Crippen molar-refractivity contribution >= 4 is 11.7 Å². The molecule has 2 heterocycles. The van der Waals surface area contributed by atoms with E-state index in [1.807, 2.05) is 13.1 Å². The molecule has 1 N–H and O–H groups in total. The van der Waals surface area contributed by atoms with Crippen LogP contribution in [0.1, 0.15) is 72.6 Å². The van der Waals surface area contributed by atoms with E-state index in [1.54, 1.807) is 0 Å². The lowest BCUT2D eigenvalue weighted by molar-refractivity contribution is -0.164. The summed E-state index contributed by atoms with van der Waals surface area (Å²) in [5.41, 5.74) is 5.40. The van der Waals surface area contributed by atoms with Gasteiger partial charge in [-0.15, -0.1) is 0 Å². The number of nitrogens with zero attached hydrogens (tertiary/aromatic N) is 1. The highest BCUT2D eigenvalue weighted by Gasteiger charge is 2.66. The van der Waals surface area contributed by atoms with Crippen molar-refractivity contribution in [2.45, 2.75) is 84.3 Å². The van der Waals surface area contributed by atoms with Crippen molar-refractivity contribution in [2.24, 2.45) is 27.8 Å². The second-order valence-electron chi connectivity index (χ2n) is 9.97. The van der Waals surface area contributed by atoms with Gasteiger partial charge in [0, 0.05) is 18.7 Å². The molecule has 0 radical (unpaired) electrons. The van der Waals surface area contributed by atoms with E-state index in [4.69, 9.17) is 14.6 Å². The van der Waals surface area contributed by atoms with E-state index in [0.29, 0.717) is 18.4 Å². The Balaban J connectivity index is 1.69. The van der Waals surface area contributed by atoms with Crippen molar-refractivity contribution in [3.63, 3.8) is 0 Å². The number of carbonyl (C=O) groups excluding carboxylic acids is 1. The molecule has 28 heavy (non-hydrogen) atoms. The third-order valence-corrected chi connectivity index (χ3v) is 8.82. The normalized spacial score (nSPS) is 46.8. The number of cyclic esters (lactones) is 1. The van der Waals surface area contributed by atoms with Gasteiger partial charge in [-0.2, -0.15) is 5.10 Å². The van der Waals surface area contributed by atoms with Crippen LogP contribution in [0.15, 0.2) is 16.8 Å². The monoisotopic (exact) mass is 388 g/mol. The largest absolute Gasteiger partial charge is 0.458 e. The number of ether oxygens (including phenoxy) is 2. The van der Waals surface area contributed by atoms with Crippen molar-refractivity contribution in [3.05, 3.63) is 11.6 Å². The van der Waals surface area contributed by atoms with Gasteiger partial charge < -0.3 is 14.9 Å². The van der Waals surface area contributed by atoms with E-state index in [-0.39, 0.29) is 28.5 Å². The standard InChI is InChI=1S/C23H36N2O3/c1-6-7-16-17(25-24-5)8-10-22(3)19-14-18(15-9-13-27-20(15)26)28-23(19,4)12-11-21(16,22)2/h9,16,18-19,24H,6-8,10-14H2,1-5H3/b25-17-/t16-,18-,19-,21+,22-,23+/m0/s1. The molecule has 0 amide bonds. The molecule has 0 spiro atoms. The number of rotatable bonds is 4. The minimum atomic E-state index is -0.184. The average molecular weight is 389 g/mol. The summed E-state index contributed by atoms with van der Waals surface area (Å²) in [4.78, 5) is 12.2. The predicted molar refractivity (Wildman–Crippen MR) is 110 cm³/mol. The van der Waals surface area contributed by atoms with Crippen molar-refractivity contribution in [1.82, 2.24) is 5.43 Å². The first-order valence-corrected chi connectivity index (χ1v) is 11.1. The molecule has 5 heteroatoms. The Labute approximate surface area is 169 Å². The molecule has 2 aliphatic carbocycles. The van der Waals surface area contributed by atoms with Crippen LogP contribution in [-0.4, -0.2) is 37.0 Å². The third kappa shape index (κ3) is 2.68. The molecule has 2 aliphatic heterocycles. The van der Waals surface area contributed by atoms with E-state index in [1.165, 1.54) is 18.6 Å². The van der Waals surface area contributed by atoms with Gasteiger partial charge in [0.1, 0.15) is 6.61 Å². The second-order valence-corrected chi connectivity index (χ2v) is 9.97. The van der Waals surface area contributed by atoms with E-state index in [0.717, 1.165) is 37.7 Å². The highest BCUT2D eigenvalue weighted by Crippen LogP contribution is 2.69. The Morgan fingerprint density at radius 2 is 2.00 bits per heavy atom. The molecule has 0 bridgehead atoms. The average Bonchev–Trinajstić information content (AvgIpc) is 3.23. The van der Waals surface area contributed by atoms with Gasteiger partial charge in [0.2, 0.25) is 0 Å². The fourth-order valence-electron chi connectivity index (χ4n) is 7.12. The van der Waals surface area contributed by atoms with Crippen LogP contribution in [0, 0.1) is 22.7 Å². The second kappa shape index (κ2) is 6.86. The van der Waals surface area contributed by atoms with Gasteiger partial charge in [-0.25, -0.2) is 4.79 Å². The summed E-state index contributed by atoms with van der Waals surface area (Å²) in [6, 6.07) is 0. The predicted octanol–water partition coefficient (Wildman–Crippen LogP) is 4.23. The van der Waals surface area contributed by atoms with Gasteiger partial charge in [-0.1, -0.05) is 27.2 Å². The lowest BCUT2D eigenvalue weighted by Crippen LogP contribution is -2.61. The van der Waals surface area contributed by atoms with Crippen molar-refractivity contribution in [2.75, 3.05) is 13.7 Å². The van der Waals surface area contributed by atoms with Gasteiger partial charge in [0.15, 0.2) is 0 Å². The Morgan fingerprint density at radius 3 is 2.64 bits per heavy atom. The summed E-state index contributed by atoms with van der Waals surface area (Å²) >= 11 is 0. The molecule has 5 nitrogen and oxygen atoms in total. The van der Waals surface area contributed by atoms with Crippen molar-refractivity contribution in [1.29, 1.82) is 0 Å². The third-order valence-electron chi connectivity index (χ3n) is 8.82. The van der Waals surface area contributed by atoms with Crippen LogP contribution in [-0.2, 0) is 14.3 Å². The van der Waals surface area contributed by atoms with Gasteiger partial charge in [0.05, 0.1) is 17.3 Å². The number of esters is 1. The van der Waals surface area contributed by atoms with E-state index >= 15 is 0 Å². The summed E-state index contributed by atoms with van der Waals surface area (Å²) in [7, 11) is 1.91. The first kappa shape index (κ1) is 19.9. The number of nitrogens with one attached hydrogen (secondary N) is 1. The van der Waals surface area contributed by atoms with Crippen LogP contribution in [0.25, 0.3) is 0 Å². The Hall–Kier alpha value is -1.36. The zero-order valence-corrected chi connectivity index (χ0v) is 18.1. The Kier molecular flexibility index (Phi) is 4.88. The smallest absolute Gasteiger partial charge is 0.336 e. The zero-order valence-electron chi connectivity index (χ0n) is 18.1. The molecule has 4 rings (SSSR count). The number of hydrazone groups is 1. The molecule has 0 aromatic rings. The van der Waals surface area contributed by atoms with Gasteiger partial charge in [-0.05, 0) is 68.3 Å². The highest BCUT2D eigenvalue weighted by atomic mass is 16.5. The number of hydrogen-bond donors (Lipinski definition) is 1. The van der Waals surface area contributed by atoms with Crippen molar-refractivity contribution < 1.29 is 14.3 Å². The highest BCUT2D eigenvalue weighted by molar-refractivity contribution is 5.91. The molecular formula is C23H36N2O3. The van der Waals surface area contributed by atoms with Crippen LogP contribution in [0.5, 0.6) is 0 Å². The maximum Gasteiger partial charge on any atom is 0.336 e. The van der Waals surface area contributed by atoms with Crippen LogP contribution in [0.2, 0.25) is 0 Å². The molecule has 1 saturated heterocycles. The molecule has 156 valence electrons. The topological polar surface area (TPSA) is 59.9 Å². The fraction of sp³-hybridized carbons (Fsp3) is 0.826. The lowest BCUT2D eigenvalue weighted by atomic mass is 9.41. The van der Waals surface area contributed by atoms with E-state index < -0.39 is 0 Å². The summed E-state index contributed by atoms with van der Waals surface area (Å²) in [6.45, 7) is 9.98. The quantitative estimate of drug-likeness (QED) is 0.578. The SMILES string of the molecule is CCC[C@H]1/C(=N\NC)CC[C@@]2(C)[C@@H]3C[C@@H](C4=CCOC4=O)O[C@]3(C)CC[C@]12C. The van der Waals surface area contributed by atoms with Crippen LogP contribution in [0.3, 0.4) is 0 Å². The minimum Gasteiger partial charge on any atom is -0.458 e. The van der Waals surface area contributed by atoms with Gasteiger partial charge in [-0.3, -0.25) is 0 Å². The Morgan fingerprint density at radius 1 is 1.21 bits per heavy atom. The summed E-state index contributed by atoms with van der Waals surface area (Å²) in [5.74, 6) is 0.785. The first-order chi connectivity index (χ1) is 13.3. The molecule has 6 atom stereocenters. The number of hydrogen-bond acceptors (Lipinski definition) is 5. The van der Waals surface area contributed by atoms with Crippen molar-refractivity contribution in [3.8, 4) is 0 Å². The summed E-state index contributed by atoms with van der Waals surface area (Å²) in [6.07, 6.45) is 9.52. The maximum absolute atomic E-state index is 12.2. The maximum atomic E-state index is 12.2. The first-order valence-electron chi connectivity index (χ1n) is 11.1. The molecule has 0 aromatic heterocycles. The van der Waals surface area contributed by atoms with Crippen LogP contribution >= 0.6 is 0 Å². The molecule has 0 aromatic carbocycles. The zero-order chi connectivity index (χ0) is 20.2. The summed E-state index contributed by atoms with van der Waals surface area (Å²) < 4.78 is 11.8. The van der Waals surface area contributed by atoms with E-state index in [2.05, 4.69) is 33.1 Å². The molecular weight excluding hydrogens is 352 g/mol. The number of fused-ring (bicyclic) bond motifs is 3. The fourth-order valence-corrected chi connectivity index (χ4v) is 7.12. The number of carbonyl (C=O) groups is 1. The Bertz CT molecular complexity index is 717. The minimum absolute atomic E-state index is 0.110. The van der Waals surface area contributed by atoms with Gasteiger partial charge >= 0.3 is 5.97 Å². The molecule has 3 fully saturated rings. The summed E-state index contributed by atoms with van der Waals surface area (Å²) in [5, 5.41) is 4.71. The molecule has 2 saturated carbocycles. The molecule has 0 unspecified atom stereocenters. The van der Waals surface area contributed by atoms with Gasteiger partial charge in [0.25, 0.3) is 0 Å². The van der Waals surface area contributed by atoms with Crippen LogP contribution in [0.4, 0.5) is 0 Å². The van der Waals surface area contributed by atoms with E-state index in [9.17, 15) is 4.79 Å². The lowest BCUT2D eigenvalue weighted by Gasteiger charge is -2.64. The van der Waals surface area contributed by atoms with Crippen LogP contribution < -0.4 is 5.43 Å².